The lowest BCUT2D eigenvalue weighted by atomic mass is 10.1. The Morgan fingerprint density at radius 2 is 1.78 bits per heavy atom. The molecule has 0 spiro atoms. The molecule has 5 aromatic rings. The van der Waals surface area contributed by atoms with Crippen LogP contribution in [0.2, 0.25) is 0 Å². The van der Waals surface area contributed by atoms with Crippen molar-refractivity contribution in [3.8, 4) is 40.2 Å². The fraction of sp³-hybridized carbons (Fsp3) is 0.111. The number of methoxy groups -OCH3 is 2. The number of benzene rings is 2. The van der Waals surface area contributed by atoms with Gasteiger partial charge in [-0.1, -0.05) is 36.4 Å². The first-order chi connectivity index (χ1) is 18.0. The first-order valence-corrected chi connectivity index (χ1v) is 11.4. The minimum absolute atomic E-state index is 0.0651. The third-order valence-electron chi connectivity index (χ3n) is 5.56. The number of anilines is 1. The number of aromatic amines is 1. The number of carbonyl (C=O) groups excluding carboxylic acids is 1. The van der Waals surface area contributed by atoms with Crippen molar-refractivity contribution < 1.29 is 18.7 Å². The molecule has 3 aromatic heterocycles. The molecular weight excluding hydrogens is 474 g/mol. The molecule has 0 saturated heterocycles. The summed E-state index contributed by atoms with van der Waals surface area (Å²) in [5, 5.41) is 7.42. The quantitative estimate of drug-likeness (QED) is 0.331. The zero-order chi connectivity index (χ0) is 25.8. The van der Waals surface area contributed by atoms with E-state index in [0.29, 0.717) is 34.5 Å². The highest BCUT2D eigenvalue weighted by atomic mass is 16.5. The fourth-order valence-corrected chi connectivity index (χ4v) is 3.84. The molecule has 1 amide bonds. The van der Waals surface area contributed by atoms with Gasteiger partial charge in [0.2, 0.25) is 11.9 Å². The molecule has 10 nitrogen and oxygen atoms in total. The van der Waals surface area contributed by atoms with E-state index in [1.165, 1.54) is 24.1 Å². The van der Waals surface area contributed by atoms with Crippen LogP contribution in [-0.2, 0) is 11.2 Å². The van der Waals surface area contributed by atoms with Crippen molar-refractivity contribution in [2.24, 2.45) is 0 Å². The first-order valence-electron chi connectivity index (χ1n) is 11.4. The molecule has 0 aliphatic heterocycles. The van der Waals surface area contributed by atoms with Gasteiger partial charge in [0, 0.05) is 17.7 Å². The second-order valence-corrected chi connectivity index (χ2v) is 8.04. The molecule has 2 N–H and O–H groups in total. The lowest BCUT2D eigenvalue weighted by Gasteiger charge is -2.11. The van der Waals surface area contributed by atoms with E-state index in [2.05, 4.69) is 20.4 Å². The zero-order valence-corrected chi connectivity index (χ0v) is 20.1. The van der Waals surface area contributed by atoms with Crippen LogP contribution in [-0.4, -0.2) is 39.9 Å². The summed E-state index contributed by atoms with van der Waals surface area (Å²) in [6.45, 7) is 0. The summed E-state index contributed by atoms with van der Waals surface area (Å²) >= 11 is 0. The van der Waals surface area contributed by atoms with E-state index in [-0.39, 0.29) is 23.8 Å². The number of furan rings is 1. The number of amides is 1. The minimum Gasteiger partial charge on any atom is -0.493 e. The monoisotopic (exact) mass is 497 g/mol. The van der Waals surface area contributed by atoms with Crippen LogP contribution in [0, 0.1) is 0 Å². The van der Waals surface area contributed by atoms with Gasteiger partial charge in [-0.2, -0.15) is 9.78 Å². The highest BCUT2D eigenvalue weighted by Gasteiger charge is 2.18. The summed E-state index contributed by atoms with van der Waals surface area (Å²) < 4.78 is 17.5. The molecule has 0 fully saturated rings. The van der Waals surface area contributed by atoms with Crippen LogP contribution in [0.15, 0.2) is 88.3 Å². The molecule has 0 aliphatic carbocycles. The lowest BCUT2D eigenvalue weighted by Crippen LogP contribution is -2.20. The molecule has 0 unspecified atom stereocenters. The molecule has 10 heteroatoms. The highest BCUT2D eigenvalue weighted by molar-refractivity contribution is 5.92. The van der Waals surface area contributed by atoms with Crippen molar-refractivity contribution in [2.75, 3.05) is 19.5 Å². The van der Waals surface area contributed by atoms with Gasteiger partial charge in [-0.15, -0.1) is 0 Å². The smallest absolute Gasteiger partial charge is 0.252 e. The third kappa shape index (κ3) is 5.13. The van der Waals surface area contributed by atoms with Gasteiger partial charge >= 0.3 is 0 Å². The largest absolute Gasteiger partial charge is 0.493 e. The van der Waals surface area contributed by atoms with E-state index >= 15 is 0 Å². The van der Waals surface area contributed by atoms with Crippen molar-refractivity contribution in [3.63, 3.8) is 0 Å². The van der Waals surface area contributed by atoms with Crippen LogP contribution in [0.3, 0.4) is 0 Å². The van der Waals surface area contributed by atoms with Gasteiger partial charge in [0.1, 0.15) is 11.5 Å². The van der Waals surface area contributed by atoms with Crippen molar-refractivity contribution in [3.05, 3.63) is 95.0 Å². The second kappa shape index (κ2) is 10.2. The van der Waals surface area contributed by atoms with Crippen LogP contribution < -0.4 is 20.3 Å². The molecule has 0 aliphatic rings. The van der Waals surface area contributed by atoms with E-state index in [9.17, 15) is 9.59 Å². The predicted octanol–water partition coefficient (Wildman–Crippen LogP) is 4.08. The Labute approximate surface area is 211 Å². The molecule has 0 bridgehead atoms. The van der Waals surface area contributed by atoms with E-state index < -0.39 is 0 Å². The van der Waals surface area contributed by atoms with Crippen LogP contribution in [0.5, 0.6) is 11.5 Å². The van der Waals surface area contributed by atoms with Crippen LogP contribution in [0.25, 0.3) is 28.7 Å². The van der Waals surface area contributed by atoms with E-state index in [0.717, 1.165) is 11.1 Å². The summed E-state index contributed by atoms with van der Waals surface area (Å²) in [7, 11) is 3.08. The van der Waals surface area contributed by atoms with Gasteiger partial charge in [-0.25, -0.2) is 4.98 Å². The van der Waals surface area contributed by atoms with E-state index in [1.54, 1.807) is 43.5 Å². The van der Waals surface area contributed by atoms with Crippen LogP contribution >= 0.6 is 0 Å². The summed E-state index contributed by atoms with van der Waals surface area (Å²) in [6, 6.07) is 21.1. The molecular formula is C27H23N5O5. The third-order valence-corrected chi connectivity index (χ3v) is 5.56. The number of nitrogens with zero attached hydrogens (tertiary/aromatic N) is 3. The molecule has 3 heterocycles. The predicted molar refractivity (Wildman–Crippen MR) is 137 cm³/mol. The van der Waals surface area contributed by atoms with Gasteiger partial charge < -0.3 is 19.2 Å². The number of carbonyl (C=O) groups is 1. The zero-order valence-electron chi connectivity index (χ0n) is 20.1. The Kier molecular flexibility index (Phi) is 6.54. The fourth-order valence-electron chi connectivity index (χ4n) is 3.84. The molecule has 0 atom stereocenters. The molecule has 5 rings (SSSR count). The number of aromatic nitrogens is 4. The summed E-state index contributed by atoms with van der Waals surface area (Å²) in [5.74, 6) is 1.74. The van der Waals surface area contributed by atoms with Crippen LogP contribution in [0.1, 0.15) is 5.56 Å². The second-order valence-electron chi connectivity index (χ2n) is 8.04. The maximum atomic E-state index is 13.0. The summed E-state index contributed by atoms with van der Waals surface area (Å²) in [6.07, 6.45) is 1.59. The van der Waals surface area contributed by atoms with Crippen molar-refractivity contribution in [1.82, 2.24) is 19.7 Å². The topological polar surface area (TPSA) is 124 Å². The molecule has 0 radical (unpaired) electrons. The van der Waals surface area contributed by atoms with Gasteiger partial charge in [0.05, 0.1) is 32.6 Å². The highest BCUT2D eigenvalue weighted by Crippen LogP contribution is 2.28. The number of hydrogen-bond acceptors (Lipinski definition) is 7. The maximum absolute atomic E-state index is 13.0. The molecule has 2 aromatic carbocycles. The number of ether oxygens (including phenoxy) is 2. The Balaban J connectivity index is 1.50. The number of hydrogen-bond donors (Lipinski definition) is 2. The van der Waals surface area contributed by atoms with Gasteiger partial charge in [-0.05, 0) is 29.8 Å². The molecule has 186 valence electrons. The van der Waals surface area contributed by atoms with Gasteiger partial charge in [-0.3, -0.25) is 14.6 Å². The van der Waals surface area contributed by atoms with Crippen molar-refractivity contribution in [1.29, 1.82) is 0 Å². The normalized spacial score (nSPS) is 10.8. The standard InChI is InChI=1S/C27H23N5O5/c1-35-22-11-10-17(13-23(22)36-2)14-25(33)29-24-15-20(21-9-6-12-37-21)31-32(24)27-28-19(16-26(34)30-27)18-7-4-3-5-8-18/h3-13,15-16H,14H2,1-2H3,(H,29,33)(H,28,30,34). The molecule has 0 saturated carbocycles. The lowest BCUT2D eigenvalue weighted by molar-refractivity contribution is -0.115. The molecule has 37 heavy (non-hydrogen) atoms. The Morgan fingerprint density at radius 3 is 2.51 bits per heavy atom. The maximum Gasteiger partial charge on any atom is 0.252 e. The van der Waals surface area contributed by atoms with Crippen LogP contribution in [0.4, 0.5) is 5.82 Å². The van der Waals surface area contributed by atoms with Crippen molar-refractivity contribution >= 4 is 11.7 Å². The minimum atomic E-state index is -0.360. The Bertz CT molecular complexity index is 1590. The average molecular weight is 498 g/mol. The Hall–Kier alpha value is -5.12. The Morgan fingerprint density at radius 1 is 0.973 bits per heavy atom. The number of H-pyrrole nitrogens is 1. The van der Waals surface area contributed by atoms with E-state index in [1.807, 2.05) is 30.3 Å². The summed E-state index contributed by atoms with van der Waals surface area (Å²) in [4.78, 5) is 32.8. The van der Waals surface area contributed by atoms with Gasteiger partial charge in [0.25, 0.3) is 5.56 Å². The first kappa shape index (κ1) is 23.6. The van der Waals surface area contributed by atoms with Crippen molar-refractivity contribution in [2.45, 2.75) is 6.42 Å². The number of nitrogens with one attached hydrogen (secondary N) is 2. The SMILES string of the molecule is COc1ccc(CC(=O)Nc2cc(-c3ccco3)nn2-c2nc(-c3ccccc3)cc(=O)[nH]2)cc1OC. The summed E-state index contributed by atoms with van der Waals surface area (Å²) in [5.41, 5.74) is 2.06. The number of rotatable bonds is 8. The van der Waals surface area contributed by atoms with Gasteiger partial charge in [0.15, 0.2) is 17.3 Å². The average Bonchev–Trinajstić information content (AvgIpc) is 3.59. The van der Waals surface area contributed by atoms with E-state index in [4.69, 9.17) is 13.9 Å².